The predicted molar refractivity (Wildman–Crippen MR) is 196 cm³/mol. The fourth-order valence-corrected chi connectivity index (χ4v) is 5.54. The van der Waals surface area contributed by atoms with Crippen molar-refractivity contribution in [2.45, 2.75) is 45.6 Å². The fraction of sp³-hybridized carbons (Fsp3) is 0.214. The van der Waals surface area contributed by atoms with Gasteiger partial charge in [0.15, 0.2) is 0 Å². The zero-order chi connectivity index (χ0) is 33.4. The minimum atomic E-state index is 0.210. The normalized spacial score (nSPS) is 11.2. The highest BCUT2D eigenvalue weighted by molar-refractivity contribution is 5.90. The molecular weight excluding hydrogens is 580 g/mol. The van der Waals surface area contributed by atoms with Crippen LogP contribution in [0, 0.1) is 0 Å². The maximum absolute atomic E-state index is 11.1. The Hall–Kier alpha value is -4.97. The summed E-state index contributed by atoms with van der Waals surface area (Å²) in [7, 11) is 0. The van der Waals surface area contributed by atoms with E-state index in [-0.39, 0.29) is 5.78 Å². The molecule has 0 bridgehead atoms. The van der Waals surface area contributed by atoms with E-state index in [0.717, 1.165) is 31.4 Å². The predicted octanol–water partition coefficient (Wildman–Crippen LogP) is 8.17. The SMILES string of the molecule is CC(=O)Cc1cccc2ccccc12.CC(Cc1cccc2ccccc12)NCCc1ccc(O)cc1.NCCc1ccc(O)cc1. The molecule has 5 N–H and O–H groups in total. The molecule has 6 rings (SSSR count). The Morgan fingerprint density at radius 1 is 0.638 bits per heavy atom. The van der Waals surface area contributed by atoms with E-state index in [1.54, 1.807) is 31.2 Å². The number of carbonyl (C=O) groups excluding carboxylic acids is 1. The van der Waals surface area contributed by atoms with Crippen LogP contribution in [0.15, 0.2) is 133 Å². The topological polar surface area (TPSA) is 95.6 Å². The van der Waals surface area contributed by atoms with Crippen molar-refractivity contribution in [2.24, 2.45) is 5.73 Å². The van der Waals surface area contributed by atoms with E-state index in [0.29, 0.717) is 30.5 Å². The monoisotopic (exact) mass is 626 g/mol. The van der Waals surface area contributed by atoms with Gasteiger partial charge in [-0.05, 0) is 114 Å². The second-order valence-electron chi connectivity index (χ2n) is 11.8. The van der Waals surface area contributed by atoms with E-state index in [1.165, 1.54) is 38.2 Å². The number of rotatable bonds is 10. The van der Waals surface area contributed by atoms with Gasteiger partial charge in [-0.1, -0.05) is 109 Å². The van der Waals surface area contributed by atoms with E-state index in [4.69, 9.17) is 10.8 Å². The number of carbonyl (C=O) groups is 1. The molecule has 5 nitrogen and oxygen atoms in total. The second-order valence-corrected chi connectivity index (χ2v) is 11.8. The van der Waals surface area contributed by atoms with Crippen molar-refractivity contribution in [3.63, 3.8) is 0 Å². The Labute approximate surface area is 278 Å². The molecule has 0 saturated heterocycles. The van der Waals surface area contributed by atoms with E-state index >= 15 is 0 Å². The summed E-state index contributed by atoms with van der Waals surface area (Å²) in [6.07, 6.45) is 3.40. The molecule has 0 aliphatic heterocycles. The Bertz CT molecular complexity index is 1820. The molecule has 0 fully saturated rings. The highest BCUT2D eigenvalue weighted by atomic mass is 16.3. The largest absolute Gasteiger partial charge is 0.508 e. The number of nitrogens with one attached hydrogen (secondary N) is 1. The smallest absolute Gasteiger partial charge is 0.134 e. The molecule has 1 atom stereocenters. The number of aromatic hydroxyl groups is 2. The van der Waals surface area contributed by atoms with Crippen LogP contribution in [0.4, 0.5) is 0 Å². The van der Waals surface area contributed by atoms with Gasteiger partial charge in [0, 0.05) is 12.5 Å². The second kappa shape index (κ2) is 18.2. The lowest BCUT2D eigenvalue weighted by Crippen LogP contribution is -2.30. The summed E-state index contributed by atoms with van der Waals surface area (Å²) >= 11 is 0. The Morgan fingerprint density at radius 3 is 1.64 bits per heavy atom. The molecule has 6 aromatic carbocycles. The van der Waals surface area contributed by atoms with Crippen LogP contribution in [0.3, 0.4) is 0 Å². The van der Waals surface area contributed by atoms with Crippen molar-refractivity contribution in [3.05, 3.63) is 156 Å². The van der Waals surface area contributed by atoms with Crippen LogP contribution in [0.5, 0.6) is 11.5 Å². The quantitative estimate of drug-likeness (QED) is 0.123. The molecule has 47 heavy (non-hydrogen) atoms. The number of phenols is 2. The summed E-state index contributed by atoms with van der Waals surface area (Å²) in [4.78, 5) is 11.1. The van der Waals surface area contributed by atoms with Crippen LogP contribution in [0.1, 0.15) is 36.1 Å². The lowest BCUT2D eigenvalue weighted by molar-refractivity contribution is -0.116. The zero-order valence-electron chi connectivity index (χ0n) is 27.4. The van der Waals surface area contributed by atoms with Gasteiger partial charge < -0.3 is 21.3 Å². The molecule has 1 unspecified atom stereocenters. The summed E-state index contributed by atoms with van der Waals surface area (Å²) < 4.78 is 0. The molecule has 0 aliphatic carbocycles. The minimum absolute atomic E-state index is 0.210. The number of benzene rings is 6. The number of Topliss-reactive ketones (excluding diaryl/α,β-unsaturated/α-hetero) is 1. The third-order valence-corrected chi connectivity index (χ3v) is 7.94. The Morgan fingerprint density at radius 2 is 1.11 bits per heavy atom. The number of phenolic OH excluding ortho intramolecular Hbond substituents is 2. The zero-order valence-corrected chi connectivity index (χ0v) is 27.4. The minimum Gasteiger partial charge on any atom is -0.508 e. The Balaban J connectivity index is 0.000000177. The highest BCUT2D eigenvalue weighted by Gasteiger charge is 2.06. The molecule has 0 aromatic heterocycles. The van der Waals surface area contributed by atoms with Crippen LogP contribution in [-0.2, 0) is 30.5 Å². The standard InChI is InChI=1S/C21H23NO.C13H12O.C8H11NO/c1-16(22-14-13-17-9-11-20(23)12-10-17)15-19-7-4-6-18-5-2-3-8-21(18)19;1-10(14)9-12-7-4-6-11-5-2-3-8-13(11)12;9-6-5-7-1-3-8(10)4-2-7/h2-12,16,22-23H,13-15H2,1H3;2-8H,9H2,1H3;1-4,10H,5-6,9H2. The summed E-state index contributed by atoms with van der Waals surface area (Å²) in [6.45, 7) is 5.46. The van der Waals surface area contributed by atoms with Gasteiger partial charge in [0.2, 0.25) is 0 Å². The van der Waals surface area contributed by atoms with E-state index in [1.807, 2.05) is 48.5 Å². The molecule has 0 amide bonds. The van der Waals surface area contributed by atoms with Crippen LogP contribution in [-0.4, -0.2) is 35.1 Å². The first kappa shape index (κ1) is 34.9. The van der Waals surface area contributed by atoms with Crippen molar-refractivity contribution in [3.8, 4) is 11.5 Å². The van der Waals surface area contributed by atoms with Crippen molar-refractivity contribution in [1.82, 2.24) is 5.32 Å². The first-order valence-corrected chi connectivity index (χ1v) is 16.2. The molecule has 0 aliphatic rings. The van der Waals surface area contributed by atoms with Gasteiger partial charge >= 0.3 is 0 Å². The van der Waals surface area contributed by atoms with Gasteiger partial charge in [-0.25, -0.2) is 0 Å². The summed E-state index contributed by atoms with van der Waals surface area (Å²) in [5.74, 6) is 0.841. The van der Waals surface area contributed by atoms with Crippen LogP contribution in [0.2, 0.25) is 0 Å². The molecule has 0 saturated carbocycles. The highest BCUT2D eigenvalue weighted by Crippen LogP contribution is 2.20. The number of nitrogens with two attached hydrogens (primary N) is 1. The summed E-state index contributed by atoms with van der Waals surface area (Å²) in [6, 6.07) is 44.3. The van der Waals surface area contributed by atoms with E-state index < -0.39 is 0 Å². The van der Waals surface area contributed by atoms with Crippen LogP contribution >= 0.6 is 0 Å². The number of hydrogen-bond acceptors (Lipinski definition) is 5. The lowest BCUT2D eigenvalue weighted by Gasteiger charge is -2.15. The van der Waals surface area contributed by atoms with Crippen LogP contribution in [0.25, 0.3) is 21.5 Å². The molecule has 0 spiro atoms. The molecule has 242 valence electrons. The van der Waals surface area contributed by atoms with Gasteiger partial charge in [-0.3, -0.25) is 4.79 Å². The third-order valence-electron chi connectivity index (χ3n) is 7.94. The van der Waals surface area contributed by atoms with Crippen LogP contribution < -0.4 is 11.1 Å². The summed E-state index contributed by atoms with van der Waals surface area (Å²) in [5, 5.41) is 26.8. The Kier molecular flexibility index (Phi) is 13.5. The van der Waals surface area contributed by atoms with Gasteiger partial charge in [0.05, 0.1) is 0 Å². The third kappa shape index (κ3) is 11.4. The van der Waals surface area contributed by atoms with Crippen molar-refractivity contribution < 1.29 is 15.0 Å². The van der Waals surface area contributed by atoms with Gasteiger partial charge in [0.1, 0.15) is 17.3 Å². The van der Waals surface area contributed by atoms with Crippen molar-refractivity contribution in [2.75, 3.05) is 13.1 Å². The first-order valence-electron chi connectivity index (χ1n) is 16.2. The van der Waals surface area contributed by atoms with Gasteiger partial charge in [0.25, 0.3) is 0 Å². The number of hydrogen-bond donors (Lipinski definition) is 4. The molecule has 0 heterocycles. The van der Waals surface area contributed by atoms with Crippen molar-refractivity contribution >= 4 is 27.3 Å². The van der Waals surface area contributed by atoms with Crippen molar-refractivity contribution in [1.29, 1.82) is 0 Å². The number of ketones is 1. The lowest BCUT2D eigenvalue weighted by atomic mass is 9.99. The summed E-state index contributed by atoms with van der Waals surface area (Å²) in [5.41, 5.74) is 10.3. The molecular formula is C42H46N2O3. The average molecular weight is 627 g/mol. The van der Waals surface area contributed by atoms with E-state index in [2.05, 4.69) is 72.9 Å². The average Bonchev–Trinajstić information content (AvgIpc) is 3.08. The maximum Gasteiger partial charge on any atom is 0.134 e. The van der Waals surface area contributed by atoms with E-state index in [9.17, 15) is 9.90 Å². The molecule has 6 aromatic rings. The van der Waals surface area contributed by atoms with Gasteiger partial charge in [-0.2, -0.15) is 0 Å². The number of fused-ring (bicyclic) bond motifs is 2. The van der Waals surface area contributed by atoms with Gasteiger partial charge in [-0.15, -0.1) is 0 Å². The molecule has 0 radical (unpaired) electrons. The maximum atomic E-state index is 11.1. The first-order chi connectivity index (χ1) is 22.8. The molecule has 5 heteroatoms. The fourth-order valence-electron chi connectivity index (χ4n) is 5.54.